The van der Waals surface area contributed by atoms with E-state index in [-0.39, 0.29) is 18.6 Å². The Labute approximate surface area is 120 Å². The van der Waals surface area contributed by atoms with E-state index in [9.17, 15) is 4.79 Å². The standard InChI is InChI=1S/C17H23NO2/c1-12(16-10-13-7-8-14(16)9-13)18-17(19)11-20-15-5-3-2-4-6-15/h2-6,12-14,16H,7-11H2,1H3,(H,18,19)/t12-,13+,14+,16-/m1/s1. The van der Waals surface area contributed by atoms with Gasteiger partial charge < -0.3 is 10.1 Å². The predicted octanol–water partition coefficient (Wildman–Crippen LogP) is 3.01. The number of benzene rings is 1. The second kappa shape index (κ2) is 5.86. The third kappa shape index (κ3) is 2.97. The van der Waals surface area contributed by atoms with Crippen molar-refractivity contribution in [2.24, 2.45) is 17.8 Å². The Hall–Kier alpha value is -1.51. The average Bonchev–Trinajstić information content (AvgIpc) is 3.09. The zero-order valence-corrected chi connectivity index (χ0v) is 12.0. The van der Waals surface area contributed by atoms with Gasteiger partial charge >= 0.3 is 0 Å². The number of rotatable bonds is 5. The van der Waals surface area contributed by atoms with Crippen LogP contribution in [0.5, 0.6) is 5.75 Å². The Bertz CT molecular complexity index is 459. The summed E-state index contributed by atoms with van der Waals surface area (Å²) < 4.78 is 5.48. The number of hydrogen-bond donors (Lipinski definition) is 1. The van der Waals surface area contributed by atoms with Gasteiger partial charge in [0.15, 0.2) is 6.61 Å². The lowest BCUT2D eigenvalue weighted by Crippen LogP contribution is -2.42. The van der Waals surface area contributed by atoms with Gasteiger partial charge in [-0.15, -0.1) is 0 Å². The molecule has 3 nitrogen and oxygen atoms in total. The molecule has 4 atom stereocenters. The van der Waals surface area contributed by atoms with E-state index in [2.05, 4.69) is 12.2 Å². The first-order valence-electron chi connectivity index (χ1n) is 7.69. The molecule has 20 heavy (non-hydrogen) atoms. The fraction of sp³-hybridized carbons (Fsp3) is 0.588. The zero-order valence-electron chi connectivity index (χ0n) is 12.0. The maximum Gasteiger partial charge on any atom is 0.258 e. The fourth-order valence-corrected chi connectivity index (χ4v) is 3.97. The molecule has 0 spiro atoms. The minimum absolute atomic E-state index is 0.0101. The summed E-state index contributed by atoms with van der Waals surface area (Å²) in [7, 11) is 0. The molecule has 2 fully saturated rings. The predicted molar refractivity (Wildman–Crippen MR) is 78.5 cm³/mol. The zero-order chi connectivity index (χ0) is 13.9. The van der Waals surface area contributed by atoms with Crippen LogP contribution in [0.4, 0.5) is 0 Å². The summed E-state index contributed by atoms with van der Waals surface area (Å²) in [4.78, 5) is 12.0. The van der Waals surface area contributed by atoms with Crippen LogP contribution >= 0.6 is 0 Å². The van der Waals surface area contributed by atoms with Crippen LogP contribution < -0.4 is 10.1 Å². The first kappa shape index (κ1) is 13.5. The molecule has 0 saturated heterocycles. The minimum Gasteiger partial charge on any atom is -0.484 e. The van der Waals surface area contributed by atoms with Crippen molar-refractivity contribution >= 4 is 5.91 Å². The number of fused-ring (bicyclic) bond motifs is 2. The van der Waals surface area contributed by atoms with Crippen LogP contribution in [0.15, 0.2) is 30.3 Å². The Morgan fingerprint density at radius 3 is 2.75 bits per heavy atom. The average molecular weight is 273 g/mol. The maximum absolute atomic E-state index is 12.0. The van der Waals surface area contributed by atoms with Crippen molar-refractivity contribution in [3.8, 4) is 5.75 Å². The molecule has 108 valence electrons. The molecule has 3 heteroatoms. The summed E-state index contributed by atoms with van der Waals surface area (Å²) in [6, 6.07) is 9.76. The van der Waals surface area contributed by atoms with Gasteiger partial charge in [0.05, 0.1) is 0 Å². The van der Waals surface area contributed by atoms with E-state index in [0.29, 0.717) is 5.92 Å². The number of amides is 1. The van der Waals surface area contributed by atoms with Gasteiger partial charge in [-0.25, -0.2) is 0 Å². The minimum atomic E-state index is -0.0101. The lowest BCUT2D eigenvalue weighted by Gasteiger charge is -2.28. The number of para-hydroxylation sites is 1. The summed E-state index contributed by atoms with van der Waals surface area (Å²) in [6.45, 7) is 2.25. The highest BCUT2D eigenvalue weighted by Crippen LogP contribution is 2.49. The van der Waals surface area contributed by atoms with Crippen LogP contribution in [-0.2, 0) is 4.79 Å². The Balaban J connectivity index is 1.44. The number of carbonyl (C=O) groups is 1. The van der Waals surface area contributed by atoms with E-state index in [1.165, 1.54) is 25.7 Å². The first-order valence-corrected chi connectivity index (χ1v) is 7.69. The maximum atomic E-state index is 12.0. The number of carbonyl (C=O) groups excluding carboxylic acids is 1. The number of ether oxygens (including phenoxy) is 1. The smallest absolute Gasteiger partial charge is 0.258 e. The van der Waals surface area contributed by atoms with E-state index in [0.717, 1.165) is 17.6 Å². The lowest BCUT2D eigenvalue weighted by molar-refractivity contribution is -0.124. The molecule has 2 aliphatic rings. The van der Waals surface area contributed by atoms with Gasteiger partial charge in [0, 0.05) is 6.04 Å². The highest BCUT2D eigenvalue weighted by atomic mass is 16.5. The van der Waals surface area contributed by atoms with Gasteiger partial charge in [-0.2, -0.15) is 0 Å². The summed E-state index contributed by atoms with van der Waals surface area (Å²) in [5, 5.41) is 3.11. The topological polar surface area (TPSA) is 38.3 Å². The molecule has 0 radical (unpaired) electrons. The van der Waals surface area contributed by atoms with Crippen molar-refractivity contribution in [2.45, 2.75) is 38.6 Å². The van der Waals surface area contributed by atoms with Crippen LogP contribution in [0.25, 0.3) is 0 Å². The molecular formula is C17H23NO2. The second-order valence-electron chi connectivity index (χ2n) is 6.30. The monoisotopic (exact) mass is 273 g/mol. The summed E-state index contributed by atoms with van der Waals surface area (Å²) in [6.07, 6.45) is 5.44. The van der Waals surface area contributed by atoms with Gasteiger partial charge in [0.25, 0.3) is 5.91 Å². The molecular weight excluding hydrogens is 250 g/mol. The largest absolute Gasteiger partial charge is 0.484 e. The van der Waals surface area contributed by atoms with Crippen molar-refractivity contribution < 1.29 is 9.53 Å². The summed E-state index contributed by atoms with van der Waals surface area (Å²) in [5.41, 5.74) is 0. The highest BCUT2D eigenvalue weighted by Gasteiger charge is 2.42. The van der Waals surface area contributed by atoms with Crippen LogP contribution in [0.3, 0.4) is 0 Å². The molecule has 0 aliphatic heterocycles. The molecule has 1 aromatic carbocycles. The Morgan fingerprint density at radius 1 is 1.30 bits per heavy atom. The molecule has 1 amide bonds. The van der Waals surface area contributed by atoms with E-state index >= 15 is 0 Å². The molecule has 0 unspecified atom stereocenters. The SMILES string of the molecule is C[C@@H](NC(=O)COc1ccccc1)[C@H]1C[C@H]2CC[C@H]1C2. The van der Waals surface area contributed by atoms with E-state index < -0.39 is 0 Å². The van der Waals surface area contributed by atoms with E-state index in [1.807, 2.05) is 30.3 Å². The van der Waals surface area contributed by atoms with Gasteiger partial charge in [-0.3, -0.25) is 4.79 Å². The molecule has 1 N–H and O–H groups in total. The van der Waals surface area contributed by atoms with Crippen LogP contribution in [0.1, 0.15) is 32.6 Å². The van der Waals surface area contributed by atoms with Gasteiger partial charge in [-0.05, 0) is 56.1 Å². The number of hydrogen-bond acceptors (Lipinski definition) is 2. The molecule has 0 aromatic heterocycles. The normalized spacial score (nSPS) is 29.1. The summed E-state index contributed by atoms with van der Waals surface area (Å²) in [5.74, 6) is 3.17. The van der Waals surface area contributed by atoms with Crippen molar-refractivity contribution in [3.05, 3.63) is 30.3 Å². The molecule has 2 saturated carbocycles. The summed E-state index contributed by atoms with van der Waals surface area (Å²) >= 11 is 0. The quantitative estimate of drug-likeness (QED) is 0.895. The lowest BCUT2D eigenvalue weighted by atomic mass is 9.84. The Kier molecular flexibility index (Phi) is 3.95. The first-order chi connectivity index (χ1) is 9.72. The molecule has 2 bridgehead atoms. The molecule has 1 aromatic rings. The van der Waals surface area contributed by atoms with Crippen LogP contribution in [0, 0.1) is 17.8 Å². The van der Waals surface area contributed by atoms with Crippen molar-refractivity contribution in [3.63, 3.8) is 0 Å². The fourth-order valence-electron chi connectivity index (χ4n) is 3.97. The molecule has 0 heterocycles. The van der Waals surface area contributed by atoms with E-state index in [4.69, 9.17) is 4.74 Å². The Morgan fingerprint density at radius 2 is 2.10 bits per heavy atom. The van der Waals surface area contributed by atoms with Gasteiger partial charge in [-0.1, -0.05) is 24.6 Å². The third-order valence-corrected chi connectivity index (χ3v) is 4.94. The van der Waals surface area contributed by atoms with Gasteiger partial charge in [0.1, 0.15) is 5.75 Å². The highest BCUT2D eigenvalue weighted by molar-refractivity contribution is 5.77. The second-order valence-corrected chi connectivity index (χ2v) is 6.30. The van der Waals surface area contributed by atoms with Crippen molar-refractivity contribution in [2.75, 3.05) is 6.61 Å². The van der Waals surface area contributed by atoms with Gasteiger partial charge in [0.2, 0.25) is 0 Å². The van der Waals surface area contributed by atoms with Crippen LogP contribution in [0.2, 0.25) is 0 Å². The van der Waals surface area contributed by atoms with Crippen LogP contribution in [-0.4, -0.2) is 18.6 Å². The van der Waals surface area contributed by atoms with Crippen molar-refractivity contribution in [1.82, 2.24) is 5.32 Å². The number of nitrogens with one attached hydrogen (secondary N) is 1. The molecule has 3 rings (SSSR count). The van der Waals surface area contributed by atoms with E-state index in [1.54, 1.807) is 0 Å². The van der Waals surface area contributed by atoms with Crippen molar-refractivity contribution in [1.29, 1.82) is 0 Å². The molecule has 2 aliphatic carbocycles. The third-order valence-electron chi connectivity index (χ3n) is 4.94.